The van der Waals surface area contributed by atoms with Crippen LogP contribution in [-0.4, -0.2) is 6.61 Å². The lowest BCUT2D eigenvalue weighted by Crippen LogP contribution is -1.90. The van der Waals surface area contributed by atoms with Crippen LogP contribution in [0, 0.1) is 0 Å². The van der Waals surface area contributed by atoms with Crippen LogP contribution in [0.5, 0.6) is 5.75 Å². The maximum absolute atomic E-state index is 6.01. The molecule has 0 fully saturated rings. The molecule has 0 N–H and O–H groups in total. The number of hydrogen-bond acceptors (Lipinski definition) is 7. The zero-order chi connectivity index (χ0) is 24.2. The summed E-state index contributed by atoms with van der Waals surface area (Å²) in [6.07, 6.45) is 3.15. The van der Waals surface area contributed by atoms with Crippen LogP contribution in [0.4, 0.5) is 0 Å². The second kappa shape index (κ2) is 11.6. The van der Waals surface area contributed by atoms with E-state index in [2.05, 4.69) is 86.2 Å². The van der Waals surface area contributed by atoms with Crippen molar-refractivity contribution in [3.8, 4) is 44.8 Å². The molecule has 0 atom stereocenters. The standard InChI is InChI=1S/C28H26OS6/c1-4-13-30-17-19-16-20(29-6-3)28(32-19)25-12-10-23(34-25)22-9-11-24(33-22)27-18(5-2)15-26(35-27)21-8-7-14-31-21/h4,7-16H,5-6,17H2,1-3H3. The number of ether oxygens (including phenoxy) is 1. The Morgan fingerprint density at radius 1 is 0.800 bits per heavy atom. The van der Waals surface area contributed by atoms with Gasteiger partial charge in [0.1, 0.15) is 5.75 Å². The summed E-state index contributed by atoms with van der Waals surface area (Å²) in [5.74, 6) is 2.00. The van der Waals surface area contributed by atoms with Gasteiger partial charge in [0.2, 0.25) is 0 Å². The molecule has 5 aromatic rings. The fraction of sp³-hybridized carbons (Fsp3) is 0.214. The van der Waals surface area contributed by atoms with E-state index in [0.29, 0.717) is 6.61 Å². The Hall–Kier alpha value is -1.61. The molecule has 35 heavy (non-hydrogen) atoms. The molecule has 0 amide bonds. The molecule has 0 saturated heterocycles. The van der Waals surface area contributed by atoms with E-state index >= 15 is 0 Å². The average Bonchev–Trinajstić information content (AvgIpc) is 3.67. The lowest BCUT2D eigenvalue weighted by Gasteiger charge is -2.02. The first kappa shape index (κ1) is 25.1. The maximum atomic E-state index is 6.01. The number of allylic oxidation sites excluding steroid dienone is 1. The van der Waals surface area contributed by atoms with E-state index in [1.165, 1.54) is 49.5 Å². The zero-order valence-electron chi connectivity index (χ0n) is 19.8. The van der Waals surface area contributed by atoms with Gasteiger partial charge in [-0.05, 0) is 79.1 Å². The fourth-order valence-electron chi connectivity index (χ4n) is 3.78. The molecular weight excluding hydrogens is 545 g/mol. The first-order chi connectivity index (χ1) is 17.2. The molecule has 1 nitrogen and oxygen atoms in total. The molecule has 5 aromatic heterocycles. The second-order valence-electron chi connectivity index (χ2n) is 7.74. The van der Waals surface area contributed by atoms with Crippen molar-refractivity contribution in [1.82, 2.24) is 0 Å². The van der Waals surface area contributed by atoms with Crippen molar-refractivity contribution in [1.29, 1.82) is 0 Å². The highest BCUT2D eigenvalue weighted by Gasteiger charge is 2.17. The van der Waals surface area contributed by atoms with E-state index < -0.39 is 0 Å². The van der Waals surface area contributed by atoms with Crippen LogP contribution in [0.3, 0.4) is 0 Å². The number of aryl methyl sites for hydroxylation is 1. The third kappa shape index (κ3) is 5.55. The minimum absolute atomic E-state index is 0.686. The lowest BCUT2D eigenvalue weighted by molar-refractivity contribution is 0.343. The van der Waals surface area contributed by atoms with Gasteiger partial charge in [0.05, 0.1) is 11.5 Å². The van der Waals surface area contributed by atoms with Gasteiger partial charge in [0.15, 0.2) is 0 Å². The molecule has 0 saturated carbocycles. The Morgan fingerprint density at radius 3 is 2.20 bits per heavy atom. The summed E-state index contributed by atoms with van der Waals surface area (Å²) in [5, 5.41) is 4.31. The third-order valence-corrected chi connectivity index (χ3v) is 12.6. The van der Waals surface area contributed by atoms with Crippen LogP contribution in [-0.2, 0) is 12.2 Å². The molecule has 0 radical (unpaired) electrons. The normalized spacial score (nSPS) is 11.6. The zero-order valence-corrected chi connectivity index (χ0v) is 24.7. The molecule has 0 spiro atoms. The molecule has 0 aliphatic carbocycles. The summed E-state index contributed by atoms with van der Waals surface area (Å²) in [6.45, 7) is 7.06. The lowest BCUT2D eigenvalue weighted by atomic mass is 10.1. The van der Waals surface area contributed by atoms with Crippen LogP contribution in [0.15, 0.2) is 65.4 Å². The Morgan fingerprint density at radius 2 is 1.54 bits per heavy atom. The summed E-state index contributed by atoms with van der Waals surface area (Å²) < 4.78 is 6.01. The summed E-state index contributed by atoms with van der Waals surface area (Å²) in [7, 11) is 0. The maximum Gasteiger partial charge on any atom is 0.139 e. The summed E-state index contributed by atoms with van der Waals surface area (Å²) in [5.41, 5.74) is 1.45. The Bertz CT molecular complexity index is 1410. The quantitative estimate of drug-likeness (QED) is 0.165. The average molecular weight is 571 g/mol. The summed E-state index contributed by atoms with van der Waals surface area (Å²) >= 11 is 11.2. The summed E-state index contributed by atoms with van der Waals surface area (Å²) in [4.78, 5) is 12.1. The molecule has 0 unspecified atom stereocenters. The van der Waals surface area contributed by atoms with Gasteiger partial charge < -0.3 is 4.74 Å². The van der Waals surface area contributed by atoms with E-state index in [-0.39, 0.29) is 0 Å². The van der Waals surface area contributed by atoms with Gasteiger partial charge in [-0.1, -0.05) is 19.1 Å². The molecule has 0 aromatic carbocycles. The Balaban J connectivity index is 1.42. The van der Waals surface area contributed by atoms with Crippen molar-refractivity contribution < 1.29 is 4.74 Å². The Kier molecular flexibility index (Phi) is 8.32. The fourth-order valence-corrected chi connectivity index (χ4v) is 10.1. The van der Waals surface area contributed by atoms with Gasteiger partial charge in [0.25, 0.3) is 0 Å². The van der Waals surface area contributed by atoms with Crippen molar-refractivity contribution in [3.05, 3.63) is 75.8 Å². The van der Waals surface area contributed by atoms with Gasteiger partial charge >= 0.3 is 0 Å². The van der Waals surface area contributed by atoms with E-state index in [1.54, 1.807) is 0 Å². The number of rotatable bonds is 10. The van der Waals surface area contributed by atoms with E-state index in [4.69, 9.17) is 4.74 Å². The van der Waals surface area contributed by atoms with E-state index in [1.807, 2.05) is 68.4 Å². The first-order valence-corrected chi connectivity index (χ1v) is 16.7. The molecule has 180 valence electrons. The highest BCUT2D eigenvalue weighted by atomic mass is 32.2. The molecule has 0 bridgehead atoms. The van der Waals surface area contributed by atoms with E-state index in [9.17, 15) is 0 Å². The van der Waals surface area contributed by atoms with Crippen molar-refractivity contribution >= 4 is 68.4 Å². The number of thiophene rings is 5. The van der Waals surface area contributed by atoms with Crippen LogP contribution >= 0.6 is 68.4 Å². The predicted molar refractivity (Wildman–Crippen MR) is 164 cm³/mol. The monoisotopic (exact) mass is 570 g/mol. The number of thioether (sulfide) groups is 1. The third-order valence-electron chi connectivity index (χ3n) is 5.36. The second-order valence-corrected chi connectivity index (χ2v) is 13.9. The topological polar surface area (TPSA) is 9.23 Å². The van der Waals surface area contributed by atoms with Gasteiger partial charge in [-0.25, -0.2) is 0 Å². The minimum atomic E-state index is 0.686. The van der Waals surface area contributed by atoms with Gasteiger partial charge in [-0.3, -0.25) is 0 Å². The molecular formula is C28H26OS6. The molecule has 0 aliphatic rings. The highest BCUT2D eigenvalue weighted by molar-refractivity contribution is 8.01. The van der Waals surface area contributed by atoms with Crippen molar-refractivity contribution in [2.24, 2.45) is 0 Å². The van der Waals surface area contributed by atoms with E-state index in [0.717, 1.165) is 17.9 Å². The molecule has 0 aliphatic heterocycles. The smallest absolute Gasteiger partial charge is 0.139 e. The van der Waals surface area contributed by atoms with Crippen LogP contribution in [0.2, 0.25) is 0 Å². The molecule has 7 heteroatoms. The predicted octanol–water partition coefficient (Wildman–Crippen LogP) is 11.4. The largest absolute Gasteiger partial charge is 0.492 e. The minimum Gasteiger partial charge on any atom is -0.492 e. The van der Waals surface area contributed by atoms with Gasteiger partial charge in [-0.2, -0.15) is 0 Å². The van der Waals surface area contributed by atoms with Crippen molar-refractivity contribution in [2.75, 3.05) is 6.61 Å². The van der Waals surface area contributed by atoms with Crippen molar-refractivity contribution in [2.45, 2.75) is 32.9 Å². The van der Waals surface area contributed by atoms with Crippen LogP contribution in [0.1, 0.15) is 31.2 Å². The first-order valence-electron chi connectivity index (χ1n) is 11.6. The van der Waals surface area contributed by atoms with Crippen LogP contribution in [0.25, 0.3) is 39.0 Å². The van der Waals surface area contributed by atoms with Crippen molar-refractivity contribution in [3.63, 3.8) is 0 Å². The molecule has 5 rings (SSSR count). The highest BCUT2D eigenvalue weighted by Crippen LogP contribution is 2.48. The Labute approximate surface area is 231 Å². The van der Waals surface area contributed by atoms with Crippen LogP contribution < -0.4 is 4.74 Å². The SMILES string of the molecule is CC=CSCc1cc(OCC)c(-c2ccc(-c3ccc(-c4sc(-c5cccs5)cc4CC)s3)s2)s1. The number of hydrogen-bond donors (Lipinski definition) is 0. The van der Waals surface area contributed by atoms with Gasteiger partial charge in [-0.15, -0.1) is 68.4 Å². The summed E-state index contributed by atoms with van der Waals surface area (Å²) in [6, 6.07) is 18.1. The molecule has 5 heterocycles. The van der Waals surface area contributed by atoms with Gasteiger partial charge in [0, 0.05) is 44.8 Å².